The molecule has 3 nitrogen and oxygen atoms in total. The molecular formula is C11H13NO2S. The molecule has 2 rings (SSSR count). The maximum atomic E-state index is 11.2. The number of ether oxygens (including phenoxy) is 1. The van der Waals surface area contributed by atoms with E-state index in [-0.39, 0.29) is 5.97 Å². The first-order valence-corrected chi connectivity index (χ1v) is 5.89. The standard InChI is InChI=1S/C11H13NO2S/c1-14-11(13)9-4-2-8(3-5-9)10-12-6-7-15-10/h2-5,10,12H,6-7H2,1H3/t10-/m1/s1. The fourth-order valence-electron chi connectivity index (χ4n) is 1.55. The summed E-state index contributed by atoms with van der Waals surface area (Å²) in [6.45, 7) is 1.05. The van der Waals surface area contributed by atoms with Crippen molar-refractivity contribution in [3.63, 3.8) is 0 Å². The second kappa shape index (κ2) is 4.68. The molecular weight excluding hydrogens is 210 g/mol. The Morgan fingerprint density at radius 1 is 1.47 bits per heavy atom. The molecule has 1 aliphatic heterocycles. The highest BCUT2D eigenvalue weighted by molar-refractivity contribution is 7.99. The summed E-state index contributed by atoms with van der Waals surface area (Å²) in [6.07, 6.45) is 0. The van der Waals surface area contributed by atoms with Gasteiger partial charge in [-0.1, -0.05) is 12.1 Å². The van der Waals surface area contributed by atoms with Crippen molar-refractivity contribution in [2.75, 3.05) is 19.4 Å². The number of hydrogen-bond acceptors (Lipinski definition) is 4. The molecule has 1 heterocycles. The van der Waals surface area contributed by atoms with E-state index in [1.54, 1.807) is 0 Å². The molecule has 0 aromatic heterocycles. The Kier molecular flexibility index (Phi) is 3.28. The maximum absolute atomic E-state index is 11.2. The van der Waals surface area contributed by atoms with Crippen molar-refractivity contribution in [3.8, 4) is 0 Å². The average Bonchev–Trinajstić information content (AvgIpc) is 2.82. The summed E-state index contributed by atoms with van der Waals surface area (Å²) in [5, 5.41) is 3.75. The number of methoxy groups -OCH3 is 1. The Morgan fingerprint density at radius 2 is 2.20 bits per heavy atom. The lowest BCUT2D eigenvalue weighted by molar-refractivity contribution is 0.0600. The number of esters is 1. The smallest absolute Gasteiger partial charge is 0.337 e. The van der Waals surface area contributed by atoms with Crippen LogP contribution < -0.4 is 5.32 Å². The van der Waals surface area contributed by atoms with Gasteiger partial charge in [-0.05, 0) is 17.7 Å². The molecule has 0 saturated carbocycles. The summed E-state index contributed by atoms with van der Waals surface area (Å²) in [5.41, 5.74) is 1.81. The molecule has 1 N–H and O–H groups in total. The zero-order valence-corrected chi connectivity index (χ0v) is 9.34. The summed E-state index contributed by atoms with van der Waals surface area (Å²) >= 11 is 1.89. The molecule has 80 valence electrons. The minimum atomic E-state index is -0.284. The summed E-state index contributed by atoms with van der Waals surface area (Å²) in [7, 11) is 1.39. The van der Waals surface area contributed by atoms with Gasteiger partial charge < -0.3 is 10.1 Å². The van der Waals surface area contributed by atoms with Crippen LogP contribution in [-0.2, 0) is 4.74 Å². The molecule has 1 atom stereocenters. The number of carbonyl (C=O) groups excluding carboxylic acids is 1. The van der Waals surface area contributed by atoms with Gasteiger partial charge in [0.05, 0.1) is 18.0 Å². The highest BCUT2D eigenvalue weighted by Crippen LogP contribution is 2.29. The van der Waals surface area contributed by atoms with Gasteiger partial charge in [0.25, 0.3) is 0 Å². The van der Waals surface area contributed by atoms with Gasteiger partial charge in [-0.2, -0.15) is 0 Å². The van der Waals surface area contributed by atoms with E-state index in [9.17, 15) is 4.79 Å². The van der Waals surface area contributed by atoms with Crippen molar-refractivity contribution >= 4 is 17.7 Å². The van der Waals surface area contributed by atoms with E-state index in [1.807, 2.05) is 36.0 Å². The van der Waals surface area contributed by atoms with Crippen molar-refractivity contribution in [1.29, 1.82) is 0 Å². The summed E-state index contributed by atoms with van der Waals surface area (Å²) in [4.78, 5) is 11.2. The Labute approximate surface area is 93.2 Å². The van der Waals surface area contributed by atoms with Crippen LogP contribution in [0.4, 0.5) is 0 Å². The molecule has 1 fully saturated rings. The lowest BCUT2D eigenvalue weighted by atomic mass is 10.1. The molecule has 0 spiro atoms. The van der Waals surface area contributed by atoms with Crippen LogP contribution >= 0.6 is 11.8 Å². The zero-order valence-electron chi connectivity index (χ0n) is 8.53. The predicted molar refractivity (Wildman–Crippen MR) is 61.0 cm³/mol. The molecule has 1 aromatic rings. The first-order chi connectivity index (χ1) is 7.31. The lowest BCUT2D eigenvalue weighted by Crippen LogP contribution is -2.12. The van der Waals surface area contributed by atoms with E-state index in [4.69, 9.17) is 0 Å². The van der Waals surface area contributed by atoms with Crippen molar-refractivity contribution in [3.05, 3.63) is 35.4 Å². The van der Waals surface area contributed by atoms with Gasteiger partial charge in [-0.15, -0.1) is 11.8 Å². The first kappa shape index (κ1) is 10.5. The molecule has 1 aromatic carbocycles. The SMILES string of the molecule is COC(=O)c1ccc([C@@H]2NCCS2)cc1. The van der Waals surface area contributed by atoms with Crippen molar-refractivity contribution in [2.24, 2.45) is 0 Å². The molecule has 0 radical (unpaired) electrons. The van der Waals surface area contributed by atoms with E-state index < -0.39 is 0 Å². The average molecular weight is 223 g/mol. The molecule has 1 saturated heterocycles. The third kappa shape index (κ3) is 2.33. The summed E-state index contributed by atoms with van der Waals surface area (Å²) in [5.74, 6) is 0.859. The highest BCUT2D eigenvalue weighted by Gasteiger charge is 2.16. The monoisotopic (exact) mass is 223 g/mol. The topological polar surface area (TPSA) is 38.3 Å². The maximum Gasteiger partial charge on any atom is 0.337 e. The van der Waals surface area contributed by atoms with Crippen LogP contribution in [0.5, 0.6) is 0 Å². The van der Waals surface area contributed by atoms with Crippen LogP contribution in [0.15, 0.2) is 24.3 Å². The van der Waals surface area contributed by atoms with Gasteiger partial charge in [0, 0.05) is 12.3 Å². The van der Waals surface area contributed by atoms with E-state index in [0.29, 0.717) is 10.9 Å². The van der Waals surface area contributed by atoms with Gasteiger partial charge in [0.1, 0.15) is 0 Å². The molecule has 4 heteroatoms. The van der Waals surface area contributed by atoms with Crippen LogP contribution in [0.3, 0.4) is 0 Å². The number of hydrogen-bond donors (Lipinski definition) is 1. The van der Waals surface area contributed by atoms with E-state index in [2.05, 4.69) is 10.1 Å². The number of nitrogens with one attached hydrogen (secondary N) is 1. The Hall–Kier alpha value is -1.00. The Bertz CT molecular complexity index is 344. The molecule has 15 heavy (non-hydrogen) atoms. The molecule has 0 aliphatic carbocycles. The zero-order chi connectivity index (χ0) is 10.7. The summed E-state index contributed by atoms with van der Waals surface area (Å²) < 4.78 is 4.64. The van der Waals surface area contributed by atoms with Crippen LogP contribution in [0.25, 0.3) is 0 Å². The van der Waals surface area contributed by atoms with Gasteiger partial charge >= 0.3 is 5.97 Å². The second-order valence-electron chi connectivity index (χ2n) is 3.32. The van der Waals surface area contributed by atoms with Crippen LogP contribution in [0.1, 0.15) is 21.3 Å². The normalized spacial score (nSPS) is 20.2. The highest BCUT2D eigenvalue weighted by atomic mass is 32.2. The molecule has 0 unspecified atom stereocenters. The van der Waals surface area contributed by atoms with Gasteiger partial charge in [-0.25, -0.2) is 4.79 Å². The third-order valence-electron chi connectivity index (χ3n) is 2.35. The largest absolute Gasteiger partial charge is 0.465 e. The van der Waals surface area contributed by atoms with Crippen molar-refractivity contribution < 1.29 is 9.53 Å². The fraction of sp³-hybridized carbons (Fsp3) is 0.364. The van der Waals surface area contributed by atoms with Gasteiger partial charge in [0.15, 0.2) is 0 Å². The number of thioether (sulfide) groups is 1. The fourth-order valence-corrected chi connectivity index (χ4v) is 2.61. The number of benzene rings is 1. The Morgan fingerprint density at radius 3 is 2.73 bits per heavy atom. The molecule has 1 aliphatic rings. The van der Waals surface area contributed by atoms with Crippen LogP contribution in [-0.4, -0.2) is 25.4 Å². The van der Waals surface area contributed by atoms with Gasteiger partial charge in [-0.3, -0.25) is 0 Å². The number of rotatable bonds is 2. The predicted octanol–water partition coefficient (Wildman–Crippen LogP) is 1.81. The first-order valence-electron chi connectivity index (χ1n) is 4.84. The minimum absolute atomic E-state index is 0.284. The van der Waals surface area contributed by atoms with E-state index in [1.165, 1.54) is 12.7 Å². The molecule has 0 amide bonds. The van der Waals surface area contributed by atoms with E-state index >= 15 is 0 Å². The van der Waals surface area contributed by atoms with Gasteiger partial charge in [0.2, 0.25) is 0 Å². The quantitative estimate of drug-likeness (QED) is 0.776. The van der Waals surface area contributed by atoms with Crippen LogP contribution in [0, 0.1) is 0 Å². The number of carbonyl (C=O) groups is 1. The third-order valence-corrected chi connectivity index (χ3v) is 3.56. The second-order valence-corrected chi connectivity index (χ2v) is 4.53. The lowest BCUT2D eigenvalue weighted by Gasteiger charge is -2.09. The molecule has 0 bridgehead atoms. The van der Waals surface area contributed by atoms with E-state index in [0.717, 1.165) is 12.3 Å². The minimum Gasteiger partial charge on any atom is -0.465 e. The van der Waals surface area contributed by atoms with Crippen LogP contribution in [0.2, 0.25) is 0 Å². The van der Waals surface area contributed by atoms with Crippen molar-refractivity contribution in [2.45, 2.75) is 5.37 Å². The van der Waals surface area contributed by atoms with Crippen molar-refractivity contribution in [1.82, 2.24) is 5.32 Å². The Balaban J connectivity index is 2.12. The summed E-state index contributed by atoms with van der Waals surface area (Å²) in [6, 6.07) is 7.56.